The van der Waals surface area contributed by atoms with Gasteiger partial charge in [-0.25, -0.2) is 17.4 Å². The summed E-state index contributed by atoms with van der Waals surface area (Å²) in [5, 5.41) is 10.0. The van der Waals surface area contributed by atoms with Gasteiger partial charge in [0.2, 0.25) is 0 Å². The Morgan fingerprint density at radius 3 is 2.64 bits per heavy atom. The van der Waals surface area contributed by atoms with Crippen molar-refractivity contribution in [3.8, 4) is 22.9 Å². The summed E-state index contributed by atoms with van der Waals surface area (Å²) in [6.07, 6.45) is 2.80. The van der Waals surface area contributed by atoms with E-state index in [1.807, 2.05) is 0 Å². The van der Waals surface area contributed by atoms with E-state index in [4.69, 9.17) is 4.74 Å². The predicted octanol–water partition coefficient (Wildman–Crippen LogP) is 3.65. The smallest absolute Gasteiger partial charge is 0.269 e. The molecule has 6 nitrogen and oxygen atoms in total. The number of halogens is 1. The molecule has 8 heteroatoms. The lowest BCUT2D eigenvalue weighted by Crippen LogP contribution is -2.13. The highest BCUT2D eigenvalue weighted by Crippen LogP contribution is 2.38. The minimum Gasteiger partial charge on any atom is -0.503 e. The van der Waals surface area contributed by atoms with Gasteiger partial charge in [-0.15, -0.1) is 0 Å². The highest BCUT2D eigenvalue weighted by atomic mass is 79.9. The summed E-state index contributed by atoms with van der Waals surface area (Å²) in [6, 6.07) is 11.3. The van der Waals surface area contributed by atoms with E-state index in [0.29, 0.717) is 16.6 Å². The molecule has 1 heterocycles. The number of aromatic nitrogens is 2. The van der Waals surface area contributed by atoms with Crippen molar-refractivity contribution in [3.63, 3.8) is 0 Å². The molecule has 0 aliphatic carbocycles. The Kier molecular flexibility index (Phi) is 4.82. The summed E-state index contributed by atoms with van der Waals surface area (Å²) in [5.41, 5.74) is 0.498. The Hall–Kier alpha value is -2.32. The maximum Gasteiger partial charge on any atom is 0.269 e. The van der Waals surface area contributed by atoms with E-state index < -0.39 is 10.0 Å². The highest BCUT2D eigenvalue weighted by Gasteiger charge is 2.22. The first-order valence-corrected chi connectivity index (χ1v) is 9.68. The largest absolute Gasteiger partial charge is 0.503 e. The van der Waals surface area contributed by atoms with Crippen LogP contribution in [-0.2, 0) is 10.0 Å². The molecule has 0 aliphatic heterocycles. The molecule has 0 fully saturated rings. The predicted molar refractivity (Wildman–Crippen MR) is 97.2 cm³/mol. The number of imidazole rings is 1. The fourth-order valence-corrected chi connectivity index (χ4v) is 4.13. The molecule has 1 N–H and O–H groups in total. The summed E-state index contributed by atoms with van der Waals surface area (Å²) in [6.45, 7) is 2.15. The van der Waals surface area contributed by atoms with Gasteiger partial charge in [0.05, 0.1) is 16.0 Å². The number of rotatable bonds is 5. The molecule has 0 amide bonds. The van der Waals surface area contributed by atoms with Crippen LogP contribution in [0, 0.1) is 0 Å². The van der Waals surface area contributed by atoms with Crippen LogP contribution in [0.4, 0.5) is 0 Å². The van der Waals surface area contributed by atoms with Gasteiger partial charge >= 0.3 is 0 Å². The SMILES string of the molecule is CCOc1cc(-c2nccn2S(=O)(=O)c2ccccc2)cc(Br)c1O. The van der Waals surface area contributed by atoms with Gasteiger partial charge in [-0.1, -0.05) is 18.2 Å². The standard InChI is InChI=1S/C17H15BrN2O4S/c1-2-24-15-11-12(10-14(18)16(15)21)17-19-8-9-20(17)25(22,23)13-6-4-3-5-7-13/h3-11,21H,2H2,1H3. The van der Waals surface area contributed by atoms with Crippen LogP contribution >= 0.6 is 15.9 Å². The van der Waals surface area contributed by atoms with Gasteiger partial charge in [0.15, 0.2) is 17.3 Å². The zero-order valence-electron chi connectivity index (χ0n) is 13.3. The third kappa shape index (κ3) is 3.27. The molecule has 0 spiro atoms. The van der Waals surface area contributed by atoms with Crippen molar-refractivity contribution in [1.82, 2.24) is 8.96 Å². The molecule has 0 saturated heterocycles. The van der Waals surface area contributed by atoms with Crippen molar-refractivity contribution >= 4 is 26.0 Å². The number of benzene rings is 2. The van der Waals surface area contributed by atoms with Crippen molar-refractivity contribution in [1.29, 1.82) is 0 Å². The Labute approximate surface area is 153 Å². The zero-order chi connectivity index (χ0) is 18.0. The Morgan fingerprint density at radius 1 is 1.24 bits per heavy atom. The molecular weight excluding hydrogens is 408 g/mol. The number of hydrogen-bond acceptors (Lipinski definition) is 5. The molecule has 130 valence electrons. The van der Waals surface area contributed by atoms with Gasteiger partial charge in [-0.2, -0.15) is 0 Å². The van der Waals surface area contributed by atoms with E-state index in [2.05, 4.69) is 20.9 Å². The molecule has 0 bridgehead atoms. The molecule has 0 unspecified atom stereocenters. The van der Waals surface area contributed by atoms with Crippen molar-refractivity contribution in [2.75, 3.05) is 6.61 Å². The lowest BCUT2D eigenvalue weighted by Gasteiger charge is -2.12. The van der Waals surface area contributed by atoms with Crippen LogP contribution in [0.2, 0.25) is 0 Å². The van der Waals surface area contributed by atoms with Crippen LogP contribution in [0.3, 0.4) is 0 Å². The maximum atomic E-state index is 12.9. The van der Waals surface area contributed by atoms with Gasteiger partial charge in [0.1, 0.15) is 0 Å². The van der Waals surface area contributed by atoms with E-state index >= 15 is 0 Å². The lowest BCUT2D eigenvalue weighted by atomic mass is 10.2. The van der Waals surface area contributed by atoms with Crippen molar-refractivity contribution in [2.45, 2.75) is 11.8 Å². The van der Waals surface area contributed by atoms with Gasteiger partial charge in [-0.05, 0) is 47.1 Å². The molecule has 25 heavy (non-hydrogen) atoms. The second kappa shape index (κ2) is 6.89. The molecule has 0 radical (unpaired) electrons. The van der Waals surface area contributed by atoms with E-state index in [9.17, 15) is 13.5 Å². The van der Waals surface area contributed by atoms with E-state index in [1.54, 1.807) is 37.3 Å². The first-order valence-electron chi connectivity index (χ1n) is 7.44. The third-order valence-electron chi connectivity index (χ3n) is 3.49. The van der Waals surface area contributed by atoms with Crippen molar-refractivity contribution in [2.24, 2.45) is 0 Å². The second-order valence-corrected chi connectivity index (χ2v) is 7.77. The minimum atomic E-state index is -3.79. The molecule has 2 aromatic carbocycles. The highest BCUT2D eigenvalue weighted by molar-refractivity contribution is 9.10. The summed E-state index contributed by atoms with van der Waals surface area (Å²) < 4.78 is 32.7. The number of nitrogens with zero attached hydrogens (tertiary/aromatic N) is 2. The third-order valence-corrected chi connectivity index (χ3v) is 5.78. The lowest BCUT2D eigenvalue weighted by molar-refractivity contribution is 0.317. The Bertz CT molecular complexity index is 1000. The first-order chi connectivity index (χ1) is 11.9. The molecule has 0 aliphatic rings. The van der Waals surface area contributed by atoms with Crippen LogP contribution < -0.4 is 4.74 Å². The fourth-order valence-electron chi connectivity index (χ4n) is 2.36. The number of hydrogen-bond donors (Lipinski definition) is 1. The molecule has 0 atom stereocenters. The van der Waals surface area contributed by atoms with E-state index in [0.717, 1.165) is 3.97 Å². The molecule has 1 aromatic heterocycles. The number of phenolic OH excluding ortho intramolecular Hbond substituents is 1. The topological polar surface area (TPSA) is 81.4 Å². The fraction of sp³-hybridized carbons (Fsp3) is 0.118. The summed E-state index contributed by atoms with van der Waals surface area (Å²) in [7, 11) is -3.79. The van der Waals surface area contributed by atoms with Crippen LogP contribution in [0.15, 0.2) is 64.2 Å². The molecule has 3 rings (SSSR count). The van der Waals surface area contributed by atoms with Crippen molar-refractivity contribution < 1.29 is 18.3 Å². The van der Waals surface area contributed by atoms with Gasteiger partial charge in [-0.3, -0.25) is 0 Å². The average Bonchev–Trinajstić information content (AvgIpc) is 3.10. The average molecular weight is 423 g/mol. The summed E-state index contributed by atoms with van der Waals surface area (Å²) in [5.74, 6) is 0.429. The van der Waals surface area contributed by atoms with Gasteiger partial charge in [0, 0.05) is 18.0 Å². The molecule has 3 aromatic rings. The number of phenols is 1. The monoisotopic (exact) mass is 422 g/mol. The zero-order valence-corrected chi connectivity index (χ0v) is 15.7. The maximum absolute atomic E-state index is 12.9. The van der Waals surface area contributed by atoms with Crippen LogP contribution in [0.25, 0.3) is 11.4 Å². The van der Waals surface area contributed by atoms with Crippen LogP contribution in [0.5, 0.6) is 11.5 Å². The molecular formula is C17H15BrN2O4S. The Morgan fingerprint density at radius 2 is 1.96 bits per heavy atom. The first kappa shape index (κ1) is 17.5. The van der Waals surface area contributed by atoms with Gasteiger partial charge in [0.25, 0.3) is 10.0 Å². The minimum absolute atomic E-state index is 0.0466. The van der Waals surface area contributed by atoms with Crippen LogP contribution in [0.1, 0.15) is 6.92 Å². The number of aromatic hydroxyl groups is 1. The second-order valence-electron chi connectivity index (χ2n) is 5.10. The van der Waals surface area contributed by atoms with E-state index in [1.165, 1.54) is 24.5 Å². The van der Waals surface area contributed by atoms with Crippen molar-refractivity contribution in [3.05, 3.63) is 59.3 Å². The van der Waals surface area contributed by atoms with Crippen LogP contribution in [-0.4, -0.2) is 29.1 Å². The summed E-state index contributed by atoms with van der Waals surface area (Å²) >= 11 is 3.26. The Balaban J connectivity index is 2.15. The normalized spacial score (nSPS) is 11.4. The molecule has 0 saturated carbocycles. The number of ether oxygens (including phenoxy) is 1. The van der Waals surface area contributed by atoms with E-state index in [-0.39, 0.29) is 22.2 Å². The van der Waals surface area contributed by atoms with Gasteiger partial charge < -0.3 is 9.84 Å². The summed E-state index contributed by atoms with van der Waals surface area (Å²) in [4.78, 5) is 4.34. The quantitative estimate of drug-likeness (QED) is 0.678.